The van der Waals surface area contributed by atoms with Gasteiger partial charge in [0.05, 0.1) is 16.6 Å². The number of carbonyl (C=O) groups is 1. The van der Waals surface area contributed by atoms with Crippen molar-refractivity contribution in [2.75, 3.05) is 11.1 Å². The van der Waals surface area contributed by atoms with Gasteiger partial charge in [-0.05, 0) is 29.8 Å². The monoisotopic (exact) mass is 385 g/mol. The van der Waals surface area contributed by atoms with Gasteiger partial charge in [0, 0.05) is 17.4 Å². The number of carboxylic acid groups (broad SMARTS) is 1. The molecular formula is C20H15N7O2. The summed E-state index contributed by atoms with van der Waals surface area (Å²) in [4.78, 5) is 23.4. The summed E-state index contributed by atoms with van der Waals surface area (Å²) in [5, 5.41) is 16.9. The van der Waals surface area contributed by atoms with Crippen LogP contribution in [0.5, 0.6) is 0 Å². The van der Waals surface area contributed by atoms with Crippen molar-refractivity contribution >= 4 is 40.0 Å². The van der Waals surface area contributed by atoms with Gasteiger partial charge in [0.1, 0.15) is 11.8 Å². The number of hydrogen-bond acceptors (Lipinski definition) is 6. The molecule has 0 spiro atoms. The van der Waals surface area contributed by atoms with E-state index in [2.05, 4.69) is 25.4 Å². The average Bonchev–Trinajstić information content (AvgIpc) is 3.30. The fraction of sp³-hybridized carbons (Fsp3) is 0. The Bertz CT molecular complexity index is 1340. The summed E-state index contributed by atoms with van der Waals surface area (Å²) >= 11 is 0. The van der Waals surface area contributed by atoms with Crippen molar-refractivity contribution in [1.29, 1.82) is 0 Å². The molecular weight excluding hydrogens is 370 g/mol. The maximum Gasteiger partial charge on any atom is 0.337 e. The molecule has 0 saturated heterocycles. The van der Waals surface area contributed by atoms with Crippen LogP contribution in [0.3, 0.4) is 0 Å². The molecule has 2 aromatic carbocycles. The van der Waals surface area contributed by atoms with E-state index < -0.39 is 5.97 Å². The minimum Gasteiger partial charge on any atom is -0.478 e. The zero-order valence-electron chi connectivity index (χ0n) is 15.0. The molecule has 0 atom stereocenters. The number of benzene rings is 2. The zero-order chi connectivity index (χ0) is 20.0. The fourth-order valence-corrected chi connectivity index (χ4v) is 3.36. The number of hydrogen-bond donors (Lipinski definition) is 4. The minimum absolute atomic E-state index is 0.107. The molecule has 3 heterocycles. The van der Waals surface area contributed by atoms with Crippen LogP contribution in [-0.4, -0.2) is 35.6 Å². The first kappa shape index (κ1) is 16.8. The number of carboxylic acids is 1. The number of nitrogen functional groups attached to an aromatic ring is 1. The molecule has 0 aliphatic heterocycles. The van der Waals surface area contributed by atoms with Crippen LogP contribution in [0.1, 0.15) is 10.4 Å². The number of H-pyrrole nitrogens is 1. The molecule has 0 unspecified atom stereocenters. The van der Waals surface area contributed by atoms with Crippen LogP contribution in [0.25, 0.3) is 27.7 Å². The van der Waals surface area contributed by atoms with Crippen LogP contribution >= 0.6 is 0 Å². The van der Waals surface area contributed by atoms with Crippen LogP contribution in [0.15, 0.2) is 61.1 Å². The van der Waals surface area contributed by atoms with Crippen molar-refractivity contribution in [2.45, 2.75) is 0 Å². The second kappa shape index (κ2) is 6.34. The first-order chi connectivity index (χ1) is 14.1. The van der Waals surface area contributed by atoms with Gasteiger partial charge in [-0.25, -0.2) is 19.3 Å². The Labute approximate surface area is 163 Å². The van der Waals surface area contributed by atoms with E-state index >= 15 is 0 Å². The molecule has 5 aromatic rings. The van der Waals surface area contributed by atoms with E-state index in [9.17, 15) is 9.90 Å². The highest BCUT2D eigenvalue weighted by Crippen LogP contribution is 2.33. The number of para-hydroxylation sites is 2. The molecule has 3 aromatic heterocycles. The van der Waals surface area contributed by atoms with Crippen LogP contribution in [0.4, 0.5) is 17.5 Å². The molecule has 0 aliphatic carbocycles. The summed E-state index contributed by atoms with van der Waals surface area (Å²) in [6.45, 7) is 0. The molecule has 29 heavy (non-hydrogen) atoms. The number of fused-ring (bicyclic) bond motifs is 2. The highest BCUT2D eigenvalue weighted by Gasteiger charge is 2.20. The Kier molecular flexibility index (Phi) is 3.66. The third-order valence-corrected chi connectivity index (χ3v) is 4.66. The summed E-state index contributed by atoms with van der Waals surface area (Å²) in [7, 11) is 0. The maximum atomic E-state index is 11.7. The average molecular weight is 385 g/mol. The van der Waals surface area contributed by atoms with Gasteiger partial charge >= 0.3 is 5.97 Å². The van der Waals surface area contributed by atoms with E-state index in [1.807, 2.05) is 48.5 Å². The van der Waals surface area contributed by atoms with Crippen molar-refractivity contribution < 1.29 is 9.90 Å². The number of imidazole rings is 1. The molecule has 0 amide bonds. The van der Waals surface area contributed by atoms with Gasteiger partial charge in [0.15, 0.2) is 5.82 Å². The molecule has 0 radical (unpaired) electrons. The molecule has 0 bridgehead atoms. The molecule has 142 valence electrons. The summed E-state index contributed by atoms with van der Waals surface area (Å²) < 4.78 is 1.43. The lowest BCUT2D eigenvalue weighted by Crippen LogP contribution is -1.99. The quantitative estimate of drug-likeness (QED) is 0.373. The van der Waals surface area contributed by atoms with Crippen LogP contribution in [0, 0.1) is 0 Å². The third-order valence-electron chi connectivity index (χ3n) is 4.66. The van der Waals surface area contributed by atoms with E-state index in [4.69, 9.17) is 5.73 Å². The van der Waals surface area contributed by atoms with Crippen molar-refractivity contribution in [3.05, 3.63) is 66.6 Å². The lowest BCUT2D eigenvalue weighted by Gasteiger charge is -2.07. The SMILES string of the molecule is Nc1ncnn2cc(C(=O)O)c(-c3ccc(Nc4nc5ccccc5[nH]4)cc3)c12. The fourth-order valence-electron chi connectivity index (χ4n) is 3.36. The highest BCUT2D eigenvalue weighted by atomic mass is 16.4. The lowest BCUT2D eigenvalue weighted by molar-refractivity contribution is 0.0697. The van der Waals surface area contributed by atoms with Gasteiger partial charge in [-0.1, -0.05) is 24.3 Å². The van der Waals surface area contributed by atoms with Gasteiger partial charge < -0.3 is 21.1 Å². The molecule has 5 rings (SSSR count). The Morgan fingerprint density at radius 2 is 1.93 bits per heavy atom. The highest BCUT2D eigenvalue weighted by molar-refractivity contribution is 6.04. The normalized spacial score (nSPS) is 11.2. The number of aromatic nitrogens is 5. The molecule has 9 heteroatoms. The Balaban J connectivity index is 1.53. The summed E-state index contributed by atoms with van der Waals surface area (Å²) in [6.07, 6.45) is 2.73. The van der Waals surface area contributed by atoms with Gasteiger partial charge in [-0.3, -0.25) is 0 Å². The molecule has 0 fully saturated rings. The predicted molar refractivity (Wildman–Crippen MR) is 109 cm³/mol. The van der Waals surface area contributed by atoms with E-state index in [1.54, 1.807) is 0 Å². The summed E-state index contributed by atoms with van der Waals surface area (Å²) in [5.74, 6) is -0.224. The van der Waals surface area contributed by atoms with Gasteiger partial charge in [0.2, 0.25) is 5.95 Å². The van der Waals surface area contributed by atoms with Crippen molar-refractivity contribution in [1.82, 2.24) is 24.6 Å². The standard InChI is InChI=1S/C20H15N7O2/c21-18-17-16(13(19(28)29)9-27(17)23-10-22-18)11-5-7-12(8-6-11)24-20-25-14-3-1-2-4-15(14)26-20/h1-10H,(H,28,29)(H2,21,22,23)(H2,24,25,26). The number of anilines is 3. The van der Waals surface area contributed by atoms with E-state index in [0.29, 0.717) is 22.6 Å². The molecule has 9 nitrogen and oxygen atoms in total. The van der Waals surface area contributed by atoms with Gasteiger partial charge in [-0.2, -0.15) is 5.10 Å². The number of nitrogens with two attached hydrogens (primary N) is 1. The number of rotatable bonds is 4. The Morgan fingerprint density at radius 3 is 2.69 bits per heavy atom. The second-order valence-electron chi connectivity index (χ2n) is 6.47. The Hall–Kier alpha value is -4.40. The third kappa shape index (κ3) is 2.81. The van der Waals surface area contributed by atoms with Crippen molar-refractivity contribution in [3.63, 3.8) is 0 Å². The smallest absolute Gasteiger partial charge is 0.337 e. The van der Waals surface area contributed by atoms with E-state index in [0.717, 1.165) is 16.7 Å². The summed E-state index contributed by atoms with van der Waals surface area (Å²) in [5.41, 5.74) is 10.3. The number of aromatic amines is 1. The van der Waals surface area contributed by atoms with Crippen molar-refractivity contribution in [3.8, 4) is 11.1 Å². The largest absolute Gasteiger partial charge is 0.478 e. The predicted octanol–water partition coefficient (Wildman–Crippen LogP) is 3.30. The van der Waals surface area contributed by atoms with Gasteiger partial charge in [0.25, 0.3) is 0 Å². The van der Waals surface area contributed by atoms with E-state index in [-0.39, 0.29) is 11.4 Å². The van der Waals surface area contributed by atoms with Crippen LogP contribution < -0.4 is 11.1 Å². The Morgan fingerprint density at radius 1 is 1.14 bits per heavy atom. The van der Waals surface area contributed by atoms with Crippen molar-refractivity contribution in [2.24, 2.45) is 0 Å². The van der Waals surface area contributed by atoms with E-state index in [1.165, 1.54) is 17.0 Å². The number of nitrogens with zero attached hydrogens (tertiary/aromatic N) is 4. The summed E-state index contributed by atoms with van der Waals surface area (Å²) in [6, 6.07) is 15.1. The zero-order valence-corrected chi connectivity index (χ0v) is 15.0. The number of nitrogens with one attached hydrogen (secondary N) is 2. The topological polar surface area (TPSA) is 134 Å². The van der Waals surface area contributed by atoms with Crippen LogP contribution in [0.2, 0.25) is 0 Å². The first-order valence-electron chi connectivity index (χ1n) is 8.77. The molecule has 0 aliphatic rings. The lowest BCUT2D eigenvalue weighted by atomic mass is 10.0. The van der Waals surface area contributed by atoms with Crippen LogP contribution in [-0.2, 0) is 0 Å². The first-order valence-corrected chi connectivity index (χ1v) is 8.77. The number of aromatic carboxylic acids is 1. The molecule has 0 saturated carbocycles. The van der Waals surface area contributed by atoms with Gasteiger partial charge in [-0.15, -0.1) is 0 Å². The second-order valence-corrected chi connectivity index (χ2v) is 6.47. The molecule has 5 N–H and O–H groups in total. The maximum absolute atomic E-state index is 11.7. The minimum atomic E-state index is -1.06.